The zero-order valence-corrected chi connectivity index (χ0v) is 15.0. The van der Waals surface area contributed by atoms with E-state index >= 15 is 0 Å². The first-order chi connectivity index (χ1) is 12.5. The number of rotatable bonds is 4. The predicted octanol–water partition coefficient (Wildman–Crippen LogP) is 3.96. The predicted molar refractivity (Wildman–Crippen MR) is 98.5 cm³/mol. The standard InChI is InChI=1S/C16H12ClN5O3S/c1-9-3-2-4-10(17)13(9)21-14(23)11-7-19-15(26-11)22(16(24)25)12-5-6-18-8-20-12/h2-8H,1H3,(H,21,23)(H,24,25). The maximum absolute atomic E-state index is 12.5. The molecule has 2 N–H and O–H groups in total. The van der Waals surface area contributed by atoms with Crippen molar-refractivity contribution in [2.45, 2.75) is 6.92 Å². The number of nitrogens with zero attached hydrogens (tertiary/aromatic N) is 4. The molecule has 0 radical (unpaired) electrons. The van der Waals surface area contributed by atoms with Crippen LogP contribution in [-0.2, 0) is 0 Å². The monoisotopic (exact) mass is 389 g/mol. The summed E-state index contributed by atoms with van der Waals surface area (Å²) in [4.78, 5) is 36.8. The average molecular weight is 390 g/mol. The molecule has 0 aliphatic heterocycles. The van der Waals surface area contributed by atoms with Crippen LogP contribution in [0.25, 0.3) is 0 Å². The lowest BCUT2D eigenvalue weighted by atomic mass is 10.2. The number of hydrogen-bond donors (Lipinski definition) is 2. The van der Waals surface area contributed by atoms with Gasteiger partial charge >= 0.3 is 6.09 Å². The third kappa shape index (κ3) is 3.63. The number of aryl methyl sites for hydroxylation is 1. The Hall–Kier alpha value is -3.04. The topological polar surface area (TPSA) is 108 Å². The normalized spacial score (nSPS) is 10.4. The van der Waals surface area contributed by atoms with E-state index < -0.39 is 12.0 Å². The van der Waals surface area contributed by atoms with Gasteiger partial charge in [-0.2, -0.15) is 0 Å². The number of thiazole rings is 1. The van der Waals surface area contributed by atoms with Gasteiger partial charge in [0.05, 0.1) is 16.9 Å². The molecule has 26 heavy (non-hydrogen) atoms. The molecular weight excluding hydrogens is 378 g/mol. The Kier molecular flexibility index (Phi) is 5.10. The Labute approximate surface area is 157 Å². The molecule has 0 fully saturated rings. The Balaban J connectivity index is 1.87. The number of hydrogen-bond acceptors (Lipinski definition) is 6. The molecule has 3 rings (SSSR count). The molecule has 1 aromatic carbocycles. The lowest BCUT2D eigenvalue weighted by Crippen LogP contribution is -2.24. The summed E-state index contributed by atoms with van der Waals surface area (Å²) in [5, 5.41) is 12.7. The minimum Gasteiger partial charge on any atom is -0.464 e. The third-order valence-electron chi connectivity index (χ3n) is 3.36. The number of benzene rings is 1. The third-order valence-corrected chi connectivity index (χ3v) is 4.65. The van der Waals surface area contributed by atoms with Crippen LogP contribution in [0.4, 0.5) is 21.4 Å². The van der Waals surface area contributed by atoms with Crippen LogP contribution in [0.3, 0.4) is 0 Å². The maximum Gasteiger partial charge on any atom is 0.419 e. The summed E-state index contributed by atoms with van der Waals surface area (Å²) in [5.41, 5.74) is 1.31. The summed E-state index contributed by atoms with van der Waals surface area (Å²) in [6, 6.07) is 6.71. The van der Waals surface area contributed by atoms with Crippen LogP contribution in [0.2, 0.25) is 5.02 Å². The number of amides is 2. The fourth-order valence-electron chi connectivity index (χ4n) is 2.13. The number of aromatic nitrogens is 3. The van der Waals surface area contributed by atoms with E-state index in [1.165, 1.54) is 24.8 Å². The minimum absolute atomic E-state index is 0.0947. The van der Waals surface area contributed by atoms with Crippen molar-refractivity contribution in [3.63, 3.8) is 0 Å². The molecule has 2 amide bonds. The number of nitrogens with one attached hydrogen (secondary N) is 1. The van der Waals surface area contributed by atoms with Crippen molar-refractivity contribution in [1.29, 1.82) is 0 Å². The van der Waals surface area contributed by atoms with Crippen molar-refractivity contribution in [3.05, 3.63) is 58.4 Å². The molecule has 132 valence electrons. The van der Waals surface area contributed by atoms with Gasteiger partial charge in [-0.15, -0.1) is 0 Å². The van der Waals surface area contributed by atoms with Crippen LogP contribution in [0.15, 0.2) is 43.0 Å². The Bertz CT molecular complexity index is 943. The molecule has 0 spiro atoms. The Morgan fingerprint density at radius 1 is 1.27 bits per heavy atom. The van der Waals surface area contributed by atoms with Crippen LogP contribution in [-0.4, -0.2) is 32.1 Å². The summed E-state index contributed by atoms with van der Waals surface area (Å²) in [7, 11) is 0. The zero-order valence-electron chi connectivity index (χ0n) is 13.4. The number of carbonyl (C=O) groups excluding carboxylic acids is 1. The van der Waals surface area contributed by atoms with E-state index in [1.807, 2.05) is 13.0 Å². The van der Waals surface area contributed by atoms with Gasteiger partial charge in [0.25, 0.3) is 5.91 Å². The second kappa shape index (κ2) is 7.46. The van der Waals surface area contributed by atoms with Crippen LogP contribution in [0, 0.1) is 6.92 Å². The molecule has 0 atom stereocenters. The molecule has 0 aliphatic rings. The van der Waals surface area contributed by atoms with Gasteiger partial charge in [0.15, 0.2) is 0 Å². The van der Waals surface area contributed by atoms with Crippen molar-refractivity contribution in [2.75, 3.05) is 10.2 Å². The van der Waals surface area contributed by atoms with Crippen molar-refractivity contribution in [3.8, 4) is 0 Å². The van der Waals surface area contributed by atoms with Crippen LogP contribution < -0.4 is 10.2 Å². The molecule has 2 heterocycles. The number of anilines is 3. The van der Waals surface area contributed by atoms with Crippen molar-refractivity contribution in [2.24, 2.45) is 0 Å². The highest BCUT2D eigenvalue weighted by atomic mass is 35.5. The number of carbonyl (C=O) groups is 2. The first-order valence-corrected chi connectivity index (χ1v) is 8.48. The van der Waals surface area contributed by atoms with Crippen LogP contribution >= 0.6 is 22.9 Å². The van der Waals surface area contributed by atoms with Crippen molar-refractivity contribution < 1.29 is 14.7 Å². The largest absolute Gasteiger partial charge is 0.464 e. The summed E-state index contributed by atoms with van der Waals surface area (Å²) in [5.74, 6) is -0.297. The molecule has 0 bridgehead atoms. The molecule has 3 aromatic rings. The van der Waals surface area contributed by atoms with E-state index in [1.54, 1.807) is 12.1 Å². The summed E-state index contributed by atoms with van der Waals surface area (Å²) >= 11 is 7.03. The molecule has 0 unspecified atom stereocenters. The van der Waals surface area contributed by atoms with E-state index in [4.69, 9.17) is 11.6 Å². The van der Waals surface area contributed by atoms with Gasteiger partial charge in [-0.25, -0.2) is 24.6 Å². The highest BCUT2D eigenvalue weighted by Crippen LogP contribution is 2.30. The van der Waals surface area contributed by atoms with Gasteiger partial charge in [0, 0.05) is 12.3 Å². The first-order valence-electron chi connectivity index (χ1n) is 7.28. The summed E-state index contributed by atoms with van der Waals surface area (Å²) in [6.07, 6.45) is 2.68. The molecular formula is C16H12ClN5O3S. The highest BCUT2D eigenvalue weighted by Gasteiger charge is 2.23. The smallest absolute Gasteiger partial charge is 0.419 e. The van der Waals surface area contributed by atoms with Gasteiger partial charge < -0.3 is 10.4 Å². The fraction of sp³-hybridized carbons (Fsp3) is 0.0625. The fourth-order valence-corrected chi connectivity index (χ4v) is 3.22. The second-order valence-electron chi connectivity index (χ2n) is 5.08. The summed E-state index contributed by atoms with van der Waals surface area (Å²) in [6.45, 7) is 1.82. The highest BCUT2D eigenvalue weighted by molar-refractivity contribution is 7.17. The quantitative estimate of drug-likeness (QED) is 0.699. The van der Waals surface area contributed by atoms with Gasteiger partial charge in [0.2, 0.25) is 5.13 Å². The minimum atomic E-state index is -1.27. The summed E-state index contributed by atoms with van der Waals surface area (Å²) < 4.78 is 0. The number of carboxylic acid groups (broad SMARTS) is 1. The van der Waals surface area contributed by atoms with E-state index in [0.717, 1.165) is 21.8 Å². The molecule has 2 aromatic heterocycles. The molecule has 10 heteroatoms. The van der Waals surface area contributed by atoms with Gasteiger partial charge in [-0.1, -0.05) is 35.1 Å². The number of para-hydroxylation sites is 1. The van der Waals surface area contributed by atoms with Gasteiger partial charge in [0.1, 0.15) is 17.0 Å². The van der Waals surface area contributed by atoms with E-state index in [0.29, 0.717) is 10.7 Å². The SMILES string of the molecule is Cc1cccc(Cl)c1NC(=O)c1cnc(N(C(=O)O)c2ccncn2)s1. The van der Waals surface area contributed by atoms with Gasteiger partial charge in [-0.05, 0) is 18.6 Å². The Morgan fingerprint density at radius 3 is 2.73 bits per heavy atom. The van der Waals surface area contributed by atoms with Crippen molar-refractivity contribution >= 4 is 51.6 Å². The van der Waals surface area contributed by atoms with Crippen LogP contribution in [0.1, 0.15) is 15.2 Å². The van der Waals surface area contributed by atoms with E-state index in [-0.39, 0.29) is 15.8 Å². The Morgan fingerprint density at radius 2 is 2.08 bits per heavy atom. The number of halogens is 1. The molecule has 8 nitrogen and oxygen atoms in total. The van der Waals surface area contributed by atoms with Gasteiger partial charge in [-0.3, -0.25) is 4.79 Å². The maximum atomic E-state index is 12.5. The molecule has 0 saturated heterocycles. The van der Waals surface area contributed by atoms with Crippen molar-refractivity contribution in [1.82, 2.24) is 15.0 Å². The first kappa shape index (κ1) is 17.8. The lowest BCUT2D eigenvalue weighted by molar-refractivity contribution is 0.103. The van der Waals surface area contributed by atoms with Crippen LogP contribution in [0.5, 0.6) is 0 Å². The van der Waals surface area contributed by atoms with E-state index in [9.17, 15) is 14.7 Å². The van der Waals surface area contributed by atoms with E-state index in [2.05, 4.69) is 20.3 Å². The zero-order chi connectivity index (χ0) is 18.7. The molecule has 0 aliphatic carbocycles. The average Bonchev–Trinajstić information content (AvgIpc) is 3.08. The lowest BCUT2D eigenvalue weighted by Gasteiger charge is -2.13. The second-order valence-corrected chi connectivity index (χ2v) is 6.49. The molecule has 0 saturated carbocycles.